The quantitative estimate of drug-likeness (QED) is 0.618. The van der Waals surface area contributed by atoms with Crippen molar-refractivity contribution in [3.63, 3.8) is 0 Å². The van der Waals surface area contributed by atoms with Crippen molar-refractivity contribution in [2.75, 3.05) is 46.4 Å². The highest BCUT2D eigenvalue weighted by Crippen LogP contribution is 2.13. The summed E-state index contributed by atoms with van der Waals surface area (Å²) in [6.07, 6.45) is 4.10. The van der Waals surface area contributed by atoms with Gasteiger partial charge in [0.1, 0.15) is 0 Å². The van der Waals surface area contributed by atoms with Crippen LogP contribution in [-0.2, 0) is 4.74 Å². The van der Waals surface area contributed by atoms with E-state index in [0.29, 0.717) is 12.5 Å². The Labute approximate surface area is 112 Å². The Morgan fingerprint density at radius 2 is 2.11 bits per heavy atom. The second-order valence-corrected chi connectivity index (χ2v) is 5.01. The summed E-state index contributed by atoms with van der Waals surface area (Å²) in [5, 5.41) is 8.52. The number of unbranched alkanes of at least 4 members (excludes halogenated alkanes) is 2. The first-order valence-electron chi connectivity index (χ1n) is 7.14. The minimum absolute atomic E-state index is 0.671. The molecule has 18 heavy (non-hydrogen) atoms. The van der Waals surface area contributed by atoms with Gasteiger partial charge >= 0.3 is 0 Å². The van der Waals surface area contributed by atoms with Gasteiger partial charge in [-0.2, -0.15) is 5.26 Å². The highest BCUT2D eigenvalue weighted by Gasteiger charge is 2.24. The topological polar surface area (TPSA) is 39.5 Å². The summed E-state index contributed by atoms with van der Waals surface area (Å²) < 4.78 is 5.17. The third kappa shape index (κ3) is 5.34. The molecule has 1 saturated heterocycles. The van der Waals surface area contributed by atoms with Crippen molar-refractivity contribution >= 4 is 0 Å². The Balaban J connectivity index is 2.25. The molecule has 1 rings (SSSR count). The maximum absolute atomic E-state index is 8.52. The van der Waals surface area contributed by atoms with Crippen LogP contribution in [-0.4, -0.2) is 62.3 Å². The van der Waals surface area contributed by atoms with E-state index in [2.05, 4.69) is 22.8 Å². The maximum Gasteiger partial charge on any atom is 0.0621 e. The smallest absolute Gasteiger partial charge is 0.0621 e. The first-order chi connectivity index (χ1) is 8.81. The summed E-state index contributed by atoms with van der Waals surface area (Å²) in [5.74, 6) is 0. The molecular formula is C14H27N3O. The van der Waals surface area contributed by atoms with Crippen LogP contribution < -0.4 is 0 Å². The van der Waals surface area contributed by atoms with Crippen molar-refractivity contribution in [1.82, 2.24) is 9.80 Å². The van der Waals surface area contributed by atoms with Crippen LogP contribution in [0, 0.1) is 11.3 Å². The first kappa shape index (κ1) is 15.4. The SMILES string of the molecule is CCC1CN(CCCCC#N)CCN1CCOC. The average molecular weight is 253 g/mol. The summed E-state index contributed by atoms with van der Waals surface area (Å²) in [6.45, 7) is 8.79. The number of nitrogens with zero attached hydrogens (tertiary/aromatic N) is 3. The molecule has 0 radical (unpaired) electrons. The van der Waals surface area contributed by atoms with Crippen LogP contribution in [0.1, 0.15) is 32.6 Å². The van der Waals surface area contributed by atoms with Gasteiger partial charge in [-0.1, -0.05) is 6.92 Å². The van der Waals surface area contributed by atoms with Gasteiger partial charge in [0.25, 0.3) is 0 Å². The van der Waals surface area contributed by atoms with Crippen molar-refractivity contribution in [2.24, 2.45) is 0 Å². The molecule has 4 heteroatoms. The Kier molecular flexibility index (Phi) is 7.99. The maximum atomic E-state index is 8.52. The number of hydrogen-bond acceptors (Lipinski definition) is 4. The molecule has 1 heterocycles. The fourth-order valence-corrected chi connectivity index (χ4v) is 2.59. The summed E-state index contributed by atoms with van der Waals surface area (Å²) in [6, 6.07) is 2.89. The van der Waals surface area contributed by atoms with Gasteiger partial charge in [-0.3, -0.25) is 4.90 Å². The van der Waals surface area contributed by atoms with E-state index in [1.807, 2.05) is 0 Å². The van der Waals surface area contributed by atoms with Gasteiger partial charge in [0.2, 0.25) is 0 Å². The molecule has 0 spiro atoms. The molecule has 1 fully saturated rings. The molecule has 0 saturated carbocycles. The van der Waals surface area contributed by atoms with Crippen LogP contribution in [0.15, 0.2) is 0 Å². The van der Waals surface area contributed by atoms with E-state index in [1.54, 1.807) is 7.11 Å². The molecule has 0 bridgehead atoms. The van der Waals surface area contributed by atoms with E-state index in [-0.39, 0.29) is 0 Å². The van der Waals surface area contributed by atoms with Gasteiger partial charge in [-0.05, 0) is 25.8 Å². The molecule has 4 nitrogen and oxygen atoms in total. The van der Waals surface area contributed by atoms with E-state index in [0.717, 1.165) is 45.6 Å². The first-order valence-corrected chi connectivity index (χ1v) is 7.14. The molecule has 1 unspecified atom stereocenters. The summed E-state index contributed by atoms with van der Waals surface area (Å²) in [4.78, 5) is 5.10. The second-order valence-electron chi connectivity index (χ2n) is 5.01. The van der Waals surface area contributed by atoms with Gasteiger partial charge in [0.15, 0.2) is 0 Å². The molecule has 0 aromatic rings. The van der Waals surface area contributed by atoms with Gasteiger partial charge in [0.05, 0.1) is 12.7 Å². The minimum Gasteiger partial charge on any atom is -0.383 e. The summed E-state index contributed by atoms with van der Waals surface area (Å²) in [5.41, 5.74) is 0. The van der Waals surface area contributed by atoms with Crippen LogP contribution in [0.5, 0.6) is 0 Å². The van der Waals surface area contributed by atoms with E-state index in [1.165, 1.54) is 13.0 Å². The van der Waals surface area contributed by atoms with Crippen LogP contribution in [0.25, 0.3) is 0 Å². The third-order valence-electron chi connectivity index (χ3n) is 3.76. The molecular weight excluding hydrogens is 226 g/mol. The number of methoxy groups -OCH3 is 1. The molecule has 0 N–H and O–H groups in total. The number of piperazine rings is 1. The minimum atomic E-state index is 0.671. The Bertz CT molecular complexity index is 252. The molecule has 0 aliphatic carbocycles. The van der Waals surface area contributed by atoms with Crippen molar-refractivity contribution in [3.8, 4) is 6.07 Å². The lowest BCUT2D eigenvalue weighted by molar-refractivity contribution is 0.0492. The normalized spacial score (nSPS) is 21.9. The molecule has 1 aliphatic rings. The highest BCUT2D eigenvalue weighted by molar-refractivity contribution is 4.81. The van der Waals surface area contributed by atoms with Crippen molar-refractivity contribution < 1.29 is 4.74 Å². The van der Waals surface area contributed by atoms with Gasteiger partial charge in [-0.25, -0.2) is 0 Å². The second kappa shape index (κ2) is 9.32. The monoisotopic (exact) mass is 253 g/mol. The predicted molar refractivity (Wildman–Crippen MR) is 73.4 cm³/mol. The molecule has 0 amide bonds. The van der Waals surface area contributed by atoms with E-state index in [4.69, 9.17) is 10.00 Å². The van der Waals surface area contributed by atoms with Crippen LogP contribution in [0.2, 0.25) is 0 Å². The zero-order valence-electron chi connectivity index (χ0n) is 11.9. The average Bonchev–Trinajstić information content (AvgIpc) is 2.41. The standard InChI is InChI=1S/C14H27N3O/c1-3-14-13-16(8-6-4-5-7-15)9-10-17(14)11-12-18-2/h14H,3-6,8-13H2,1-2H3. The number of hydrogen-bond donors (Lipinski definition) is 0. The number of nitriles is 1. The fraction of sp³-hybridized carbons (Fsp3) is 0.929. The summed E-state index contributed by atoms with van der Waals surface area (Å²) >= 11 is 0. The van der Waals surface area contributed by atoms with Crippen molar-refractivity contribution in [3.05, 3.63) is 0 Å². The van der Waals surface area contributed by atoms with Crippen molar-refractivity contribution in [2.45, 2.75) is 38.6 Å². The number of ether oxygens (including phenoxy) is 1. The highest BCUT2D eigenvalue weighted by atomic mass is 16.5. The third-order valence-corrected chi connectivity index (χ3v) is 3.76. The molecule has 0 aromatic heterocycles. The fourth-order valence-electron chi connectivity index (χ4n) is 2.59. The van der Waals surface area contributed by atoms with E-state index < -0.39 is 0 Å². The summed E-state index contributed by atoms with van der Waals surface area (Å²) in [7, 11) is 1.77. The van der Waals surface area contributed by atoms with Crippen molar-refractivity contribution in [1.29, 1.82) is 5.26 Å². The Morgan fingerprint density at radius 1 is 1.28 bits per heavy atom. The van der Waals surface area contributed by atoms with E-state index in [9.17, 15) is 0 Å². The van der Waals surface area contributed by atoms with Gasteiger partial charge in [-0.15, -0.1) is 0 Å². The van der Waals surface area contributed by atoms with Crippen LogP contribution >= 0.6 is 0 Å². The lowest BCUT2D eigenvalue weighted by atomic mass is 10.1. The molecule has 1 aliphatic heterocycles. The Morgan fingerprint density at radius 3 is 2.78 bits per heavy atom. The lowest BCUT2D eigenvalue weighted by Crippen LogP contribution is -2.53. The van der Waals surface area contributed by atoms with Crippen LogP contribution in [0.4, 0.5) is 0 Å². The largest absolute Gasteiger partial charge is 0.383 e. The number of rotatable bonds is 8. The molecule has 104 valence electrons. The zero-order valence-corrected chi connectivity index (χ0v) is 11.9. The molecule has 0 aromatic carbocycles. The zero-order chi connectivity index (χ0) is 13.2. The van der Waals surface area contributed by atoms with E-state index >= 15 is 0 Å². The van der Waals surface area contributed by atoms with Gasteiger partial charge < -0.3 is 9.64 Å². The van der Waals surface area contributed by atoms with Gasteiger partial charge in [0, 0.05) is 45.8 Å². The Hall–Kier alpha value is -0.630. The van der Waals surface area contributed by atoms with Crippen LogP contribution in [0.3, 0.4) is 0 Å². The lowest BCUT2D eigenvalue weighted by Gasteiger charge is -2.41. The predicted octanol–water partition coefficient (Wildman–Crippen LogP) is 1.72. The molecule has 1 atom stereocenters.